The standard InChI is InChI=1S/C17H28N4O/c1-14(15-12-18-19-13-15)20-16(22)21-10-5-8-17(9-11-21)6-3-2-4-7-17/h12-14H,2-11H2,1H3,(H,18,19)(H,20,22). The second-order valence-corrected chi connectivity index (χ2v) is 7.10. The molecule has 3 rings (SSSR count). The second-order valence-electron chi connectivity index (χ2n) is 7.10. The van der Waals surface area contributed by atoms with Crippen molar-refractivity contribution in [2.24, 2.45) is 5.41 Å². The summed E-state index contributed by atoms with van der Waals surface area (Å²) >= 11 is 0. The summed E-state index contributed by atoms with van der Waals surface area (Å²) in [6.07, 6.45) is 14.1. The van der Waals surface area contributed by atoms with Gasteiger partial charge >= 0.3 is 6.03 Å². The number of amides is 2. The summed E-state index contributed by atoms with van der Waals surface area (Å²) in [4.78, 5) is 14.5. The molecule has 0 bridgehead atoms. The molecule has 2 N–H and O–H groups in total. The molecule has 1 aromatic heterocycles. The van der Waals surface area contributed by atoms with Gasteiger partial charge in [-0.1, -0.05) is 19.3 Å². The molecule has 1 saturated heterocycles. The molecule has 5 heteroatoms. The van der Waals surface area contributed by atoms with Crippen LogP contribution in [0.25, 0.3) is 0 Å². The van der Waals surface area contributed by atoms with Gasteiger partial charge < -0.3 is 10.2 Å². The van der Waals surface area contributed by atoms with E-state index in [9.17, 15) is 4.79 Å². The van der Waals surface area contributed by atoms with E-state index < -0.39 is 0 Å². The summed E-state index contributed by atoms with van der Waals surface area (Å²) in [6, 6.07) is 0.0692. The summed E-state index contributed by atoms with van der Waals surface area (Å²) < 4.78 is 0. The van der Waals surface area contributed by atoms with E-state index >= 15 is 0 Å². The van der Waals surface area contributed by atoms with Gasteiger partial charge in [-0.15, -0.1) is 0 Å². The van der Waals surface area contributed by atoms with Gasteiger partial charge in [-0.3, -0.25) is 5.10 Å². The predicted molar refractivity (Wildman–Crippen MR) is 86.5 cm³/mol. The van der Waals surface area contributed by atoms with Gasteiger partial charge in [0.25, 0.3) is 0 Å². The molecule has 0 radical (unpaired) electrons. The highest BCUT2D eigenvalue weighted by Crippen LogP contribution is 2.44. The van der Waals surface area contributed by atoms with Crippen molar-refractivity contribution in [3.05, 3.63) is 18.0 Å². The Kier molecular flexibility index (Phi) is 4.69. The highest BCUT2D eigenvalue weighted by molar-refractivity contribution is 5.74. The molecular weight excluding hydrogens is 276 g/mol. The summed E-state index contributed by atoms with van der Waals surface area (Å²) in [5.41, 5.74) is 1.55. The van der Waals surface area contributed by atoms with Crippen LogP contribution in [0.1, 0.15) is 69.9 Å². The molecule has 2 aliphatic rings. The van der Waals surface area contributed by atoms with Crippen LogP contribution in [0.15, 0.2) is 12.4 Å². The van der Waals surface area contributed by atoms with Crippen LogP contribution < -0.4 is 5.32 Å². The Morgan fingerprint density at radius 2 is 2.00 bits per heavy atom. The number of rotatable bonds is 2. The molecule has 0 aromatic carbocycles. The summed E-state index contributed by atoms with van der Waals surface area (Å²) in [7, 11) is 0. The van der Waals surface area contributed by atoms with Crippen LogP contribution in [0.2, 0.25) is 0 Å². The monoisotopic (exact) mass is 304 g/mol. The van der Waals surface area contributed by atoms with Gasteiger partial charge in [-0.05, 0) is 44.4 Å². The van der Waals surface area contributed by atoms with Crippen molar-refractivity contribution in [3.8, 4) is 0 Å². The fraction of sp³-hybridized carbons (Fsp3) is 0.765. The zero-order chi connectivity index (χ0) is 15.4. The molecule has 1 unspecified atom stereocenters. The van der Waals surface area contributed by atoms with E-state index in [1.54, 1.807) is 6.20 Å². The third-order valence-corrected chi connectivity index (χ3v) is 5.61. The van der Waals surface area contributed by atoms with Crippen molar-refractivity contribution in [3.63, 3.8) is 0 Å². The first kappa shape index (κ1) is 15.4. The minimum absolute atomic E-state index is 0.00172. The number of urea groups is 1. The van der Waals surface area contributed by atoms with Crippen LogP contribution in [0, 0.1) is 5.41 Å². The van der Waals surface area contributed by atoms with Crippen molar-refractivity contribution in [1.29, 1.82) is 0 Å². The molecule has 1 aromatic rings. The smallest absolute Gasteiger partial charge is 0.317 e. The van der Waals surface area contributed by atoms with E-state index in [0.717, 1.165) is 25.1 Å². The van der Waals surface area contributed by atoms with Crippen molar-refractivity contribution in [2.75, 3.05) is 13.1 Å². The zero-order valence-electron chi connectivity index (χ0n) is 13.6. The van der Waals surface area contributed by atoms with E-state index in [1.807, 2.05) is 18.0 Å². The molecule has 1 aliphatic heterocycles. The lowest BCUT2D eigenvalue weighted by Gasteiger charge is -2.36. The Balaban J connectivity index is 1.55. The Morgan fingerprint density at radius 3 is 2.73 bits per heavy atom. The van der Waals surface area contributed by atoms with E-state index in [1.165, 1.54) is 44.9 Å². The maximum Gasteiger partial charge on any atom is 0.317 e. The first-order valence-corrected chi connectivity index (χ1v) is 8.73. The minimum Gasteiger partial charge on any atom is -0.331 e. The topological polar surface area (TPSA) is 61.0 Å². The number of H-pyrrole nitrogens is 1. The number of likely N-dealkylation sites (tertiary alicyclic amines) is 1. The Hall–Kier alpha value is -1.52. The van der Waals surface area contributed by atoms with Crippen molar-refractivity contribution in [1.82, 2.24) is 20.4 Å². The normalized spacial score (nSPS) is 23.0. The van der Waals surface area contributed by atoms with Gasteiger partial charge in [-0.2, -0.15) is 5.10 Å². The largest absolute Gasteiger partial charge is 0.331 e. The molecule has 1 spiro atoms. The van der Waals surface area contributed by atoms with Gasteiger partial charge in [0.2, 0.25) is 0 Å². The third-order valence-electron chi connectivity index (χ3n) is 5.61. The average Bonchev–Trinajstić information content (AvgIpc) is 2.99. The molecule has 122 valence electrons. The highest BCUT2D eigenvalue weighted by atomic mass is 16.2. The van der Waals surface area contributed by atoms with Gasteiger partial charge in [0, 0.05) is 24.8 Å². The maximum atomic E-state index is 12.5. The lowest BCUT2D eigenvalue weighted by Crippen LogP contribution is -2.41. The van der Waals surface area contributed by atoms with Crippen molar-refractivity contribution < 1.29 is 4.79 Å². The number of nitrogens with one attached hydrogen (secondary N) is 2. The van der Waals surface area contributed by atoms with Crippen LogP contribution in [0.5, 0.6) is 0 Å². The van der Waals surface area contributed by atoms with Crippen LogP contribution in [0.4, 0.5) is 4.79 Å². The lowest BCUT2D eigenvalue weighted by molar-refractivity contribution is 0.157. The zero-order valence-corrected chi connectivity index (χ0v) is 13.6. The molecular formula is C17H28N4O. The second kappa shape index (κ2) is 6.71. The minimum atomic E-state index is -0.00172. The maximum absolute atomic E-state index is 12.5. The quantitative estimate of drug-likeness (QED) is 0.876. The first-order chi connectivity index (χ1) is 10.7. The number of hydrogen-bond acceptors (Lipinski definition) is 2. The molecule has 1 saturated carbocycles. The third kappa shape index (κ3) is 3.45. The SMILES string of the molecule is CC(NC(=O)N1CCCC2(CCCCC2)CC1)c1cn[nH]c1. The summed E-state index contributed by atoms with van der Waals surface area (Å²) in [6.45, 7) is 3.80. The van der Waals surface area contributed by atoms with Crippen molar-refractivity contribution >= 4 is 6.03 Å². The van der Waals surface area contributed by atoms with Gasteiger partial charge in [0.15, 0.2) is 0 Å². The number of aromatic nitrogens is 2. The Labute approximate surface area is 132 Å². The number of carbonyl (C=O) groups is 1. The Bertz CT molecular complexity index is 479. The fourth-order valence-electron chi connectivity index (χ4n) is 4.12. The molecule has 1 atom stereocenters. The van der Waals surface area contributed by atoms with E-state index in [2.05, 4.69) is 15.5 Å². The molecule has 22 heavy (non-hydrogen) atoms. The predicted octanol–water partition coefficient (Wildman–Crippen LogP) is 3.62. The van der Waals surface area contributed by atoms with E-state index in [-0.39, 0.29) is 12.1 Å². The molecule has 2 amide bonds. The Morgan fingerprint density at radius 1 is 1.23 bits per heavy atom. The van der Waals surface area contributed by atoms with Crippen LogP contribution in [0.3, 0.4) is 0 Å². The first-order valence-electron chi connectivity index (χ1n) is 8.73. The van der Waals surface area contributed by atoms with Crippen LogP contribution in [-0.2, 0) is 0 Å². The summed E-state index contributed by atoms with van der Waals surface area (Å²) in [5.74, 6) is 0. The number of nitrogens with zero attached hydrogens (tertiary/aromatic N) is 2. The van der Waals surface area contributed by atoms with Crippen molar-refractivity contribution in [2.45, 2.75) is 64.3 Å². The van der Waals surface area contributed by atoms with Gasteiger partial charge in [0.1, 0.15) is 0 Å². The molecule has 5 nitrogen and oxygen atoms in total. The number of aromatic amines is 1. The number of hydrogen-bond donors (Lipinski definition) is 2. The molecule has 2 heterocycles. The van der Waals surface area contributed by atoms with E-state index in [0.29, 0.717) is 5.41 Å². The van der Waals surface area contributed by atoms with Crippen LogP contribution in [-0.4, -0.2) is 34.2 Å². The van der Waals surface area contributed by atoms with Gasteiger partial charge in [-0.25, -0.2) is 4.79 Å². The lowest BCUT2D eigenvalue weighted by atomic mass is 9.69. The molecule has 2 fully saturated rings. The fourth-order valence-corrected chi connectivity index (χ4v) is 4.12. The average molecular weight is 304 g/mol. The van der Waals surface area contributed by atoms with Crippen LogP contribution >= 0.6 is 0 Å². The van der Waals surface area contributed by atoms with E-state index in [4.69, 9.17) is 0 Å². The number of carbonyl (C=O) groups excluding carboxylic acids is 1. The van der Waals surface area contributed by atoms with Gasteiger partial charge in [0.05, 0.1) is 12.2 Å². The molecule has 1 aliphatic carbocycles. The summed E-state index contributed by atoms with van der Waals surface area (Å²) in [5, 5.41) is 9.84. The highest BCUT2D eigenvalue weighted by Gasteiger charge is 2.34.